The molecule has 0 aromatic heterocycles. The molecule has 0 saturated carbocycles. The molecule has 1 fully saturated rings. The number of amides is 2. The van der Waals surface area contributed by atoms with E-state index in [0.717, 1.165) is 4.90 Å². The zero-order valence-electron chi connectivity index (χ0n) is 10.3. The molecule has 0 aliphatic carbocycles. The highest BCUT2D eigenvalue weighted by Gasteiger charge is 2.48. The van der Waals surface area contributed by atoms with Crippen LogP contribution in [0.4, 0.5) is 8.78 Å². The Labute approximate surface area is 99.3 Å². The van der Waals surface area contributed by atoms with Gasteiger partial charge in [-0.05, 0) is 19.8 Å². The van der Waals surface area contributed by atoms with Gasteiger partial charge in [0.2, 0.25) is 11.8 Å². The molecule has 0 aromatic rings. The van der Waals surface area contributed by atoms with Crippen molar-refractivity contribution in [2.45, 2.75) is 51.6 Å². The number of hydrogen-bond donors (Lipinski definition) is 1. The molecule has 2 unspecified atom stereocenters. The first kappa shape index (κ1) is 13.9. The lowest BCUT2D eigenvalue weighted by Crippen LogP contribution is -2.69. The van der Waals surface area contributed by atoms with Crippen LogP contribution < -0.4 is 5.32 Å². The van der Waals surface area contributed by atoms with Crippen molar-refractivity contribution in [3.8, 4) is 0 Å². The predicted molar refractivity (Wildman–Crippen MR) is 58.6 cm³/mol. The standard InChI is InChI=1S/C11H18F2N2O2/c1-4-7-9(16)15(6-8(12)13)11(3,5-2)10(17)14-7/h7-8H,4-6H2,1-3H3,(H,14,17). The number of halogens is 2. The van der Waals surface area contributed by atoms with Crippen LogP contribution >= 0.6 is 0 Å². The average Bonchev–Trinajstić information content (AvgIpc) is 2.29. The fourth-order valence-electron chi connectivity index (χ4n) is 1.99. The zero-order valence-corrected chi connectivity index (χ0v) is 10.3. The number of nitrogens with one attached hydrogen (secondary N) is 1. The van der Waals surface area contributed by atoms with Crippen LogP contribution in [0.15, 0.2) is 0 Å². The molecule has 0 aromatic carbocycles. The number of rotatable bonds is 4. The lowest BCUT2D eigenvalue weighted by molar-refractivity contribution is -0.159. The minimum absolute atomic E-state index is 0.313. The lowest BCUT2D eigenvalue weighted by atomic mass is 9.90. The van der Waals surface area contributed by atoms with Gasteiger partial charge in [-0.3, -0.25) is 9.59 Å². The Hall–Kier alpha value is -1.20. The van der Waals surface area contributed by atoms with Crippen molar-refractivity contribution in [1.29, 1.82) is 0 Å². The van der Waals surface area contributed by atoms with Crippen LogP contribution in [0.2, 0.25) is 0 Å². The molecule has 1 N–H and O–H groups in total. The van der Waals surface area contributed by atoms with Crippen LogP contribution in [-0.4, -0.2) is 41.3 Å². The molecule has 0 bridgehead atoms. The van der Waals surface area contributed by atoms with Gasteiger partial charge in [0.1, 0.15) is 11.6 Å². The Balaban J connectivity index is 3.04. The van der Waals surface area contributed by atoms with Crippen molar-refractivity contribution in [3.05, 3.63) is 0 Å². The number of piperazine rings is 1. The van der Waals surface area contributed by atoms with E-state index >= 15 is 0 Å². The van der Waals surface area contributed by atoms with Gasteiger partial charge >= 0.3 is 0 Å². The molecule has 0 spiro atoms. The molecule has 6 heteroatoms. The van der Waals surface area contributed by atoms with Crippen molar-refractivity contribution in [1.82, 2.24) is 10.2 Å². The van der Waals surface area contributed by atoms with Crippen LogP contribution in [0.1, 0.15) is 33.6 Å². The predicted octanol–water partition coefficient (Wildman–Crippen LogP) is 1.16. The monoisotopic (exact) mass is 248 g/mol. The summed E-state index contributed by atoms with van der Waals surface area (Å²) in [5.74, 6) is -0.774. The number of alkyl halides is 2. The van der Waals surface area contributed by atoms with Gasteiger partial charge in [0, 0.05) is 0 Å². The zero-order chi connectivity index (χ0) is 13.2. The van der Waals surface area contributed by atoms with Crippen molar-refractivity contribution >= 4 is 11.8 Å². The van der Waals surface area contributed by atoms with E-state index in [1.807, 2.05) is 0 Å². The summed E-state index contributed by atoms with van der Waals surface area (Å²) in [6.45, 7) is 4.27. The highest BCUT2D eigenvalue weighted by atomic mass is 19.3. The Morgan fingerprint density at radius 1 is 1.41 bits per heavy atom. The molecule has 2 amide bonds. The maximum Gasteiger partial charge on any atom is 0.255 e. The second-order valence-corrected chi connectivity index (χ2v) is 4.40. The van der Waals surface area contributed by atoms with E-state index in [0.29, 0.717) is 12.8 Å². The summed E-state index contributed by atoms with van der Waals surface area (Å²) in [6, 6.07) is -0.680. The van der Waals surface area contributed by atoms with Crippen LogP contribution in [-0.2, 0) is 9.59 Å². The fourth-order valence-corrected chi connectivity index (χ4v) is 1.99. The molecule has 1 heterocycles. The normalized spacial score (nSPS) is 29.8. The number of carbonyl (C=O) groups excluding carboxylic acids is 2. The van der Waals surface area contributed by atoms with E-state index in [9.17, 15) is 18.4 Å². The average molecular weight is 248 g/mol. The molecule has 1 aliphatic heterocycles. The maximum absolute atomic E-state index is 12.5. The van der Waals surface area contributed by atoms with Gasteiger partial charge in [0.15, 0.2) is 0 Å². The largest absolute Gasteiger partial charge is 0.342 e. The molecular weight excluding hydrogens is 230 g/mol. The first-order chi connectivity index (χ1) is 7.86. The fraction of sp³-hybridized carbons (Fsp3) is 0.818. The molecule has 17 heavy (non-hydrogen) atoms. The van der Waals surface area contributed by atoms with Crippen molar-refractivity contribution in [3.63, 3.8) is 0 Å². The van der Waals surface area contributed by atoms with Gasteiger partial charge in [-0.25, -0.2) is 8.78 Å². The summed E-state index contributed by atoms with van der Waals surface area (Å²) < 4.78 is 25.0. The first-order valence-corrected chi connectivity index (χ1v) is 5.77. The van der Waals surface area contributed by atoms with Gasteiger partial charge in [-0.1, -0.05) is 13.8 Å². The summed E-state index contributed by atoms with van der Waals surface area (Å²) in [5, 5.41) is 2.59. The molecule has 1 saturated heterocycles. The molecule has 1 rings (SSSR count). The third kappa shape index (κ3) is 2.40. The van der Waals surface area contributed by atoms with Crippen molar-refractivity contribution in [2.75, 3.05) is 6.54 Å². The molecular formula is C11H18F2N2O2. The minimum atomic E-state index is -2.63. The minimum Gasteiger partial charge on any atom is -0.342 e. The summed E-state index contributed by atoms with van der Waals surface area (Å²) in [5.41, 5.74) is -1.17. The van der Waals surface area contributed by atoms with E-state index in [2.05, 4.69) is 5.32 Å². The van der Waals surface area contributed by atoms with Crippen LogP contribution in [0, 0.1) is 0 Å². The van der Waals surface area contributed by atoms with Crippen molar-refractivity contribution in [2.24, 2.45) is 0 Å². The second kappa shape index (κ2) is 4.98. The van der Waals surface area contributed by atoms with Crippen LogP contribution in [0.5, 0.6) is 0 Å². The lowest BCUT2D eigenvalue weighted by Gasteiger charge is -2.45. The summed E-state index contributed by atoms with van der Waals surface area (Å²) in [6.07, 6.45) is -1.91. The Kier molecular flexibility index (Phi) is 4.06. The maximum atomic E-state index is 12.5. The third-order valence-electron chi connectivity index (χ3n) is 3.37. The van der Waals surface area contributed by atoms with E-state index in [4.69, 9.17) is 0 Å². The summed E-state index contributed by atoms with van der Waals surface area (Å²) in [4.78, 5) is 24.9. The number of hydrogen-bond acceptors (Lipinski definition) is 2. The Bertz CT molecular complexity index is 323. The summed E-state index contributed by atoms with van der Waals surface area (Å²) in [7, 11) is 0. The number of nitrogens with zero attached hydrogens (tertiary/aromatic N) is 1. The highest BCUT2D eigenvalue weighted by Crippen LogP contribution is 2.26. The highest BCUT2D eigenvalue weighted by molar-refractivity contribution is 5.99. The van der Waals surface area contributed by atoms with Gasteiger partial charge in [-0.15, -0.1) is 0 Å². The van der Waals surface area contributed by atoms with Crippen LogP contribution in [0.3, 0.4) is 0 Å². The van der Waals surface area contributed by atoms with Gasteiger partial charge < -0.3 is 10.2 Å². The second-order valence-electron chi connectivity index (χ2n) is 4.40. The quantitative estimate of drug-likeness (QED) is 0.811. The van der Waals surface area contributed by atoms with E-state index in [1.54, 1.807) is 13.8 Å². The summed E-state index contributed by atoms with van der Waals surface area (Å²) >= 11 is 0. The smallest absolute Gasteiger partial charge is 0.255 e. The van der Waals surface area contributed by atoms with Gasteiger partial charge in [0.25, 0.3) is 6.43 Å². The van der Waals surface area contributed by atoms with Gasteiger partial charge in [0.05, 0.1) is 6.54 Å². The Morgan fingerprint density at radius 2 is 2.00 bits per heavy atom. The molecule has 1 aliphatic rings. The molecule has 0 radical (unpaired) electrons. The topological polar surface area (TPSA) is 49.4 Å². The van der Waals surface area contributed by atoms with E-state index in [-0.39, 0.29) is 5.91 Å². The first-order valence-electron chi connectivity index (χ1n) is 5.77. The molecule has 4 nitrogen and oxygen atoms in total. The van der Waals surface area contributed by atoms with E-state index < -0.39 is 30.5 Å². The van der Waals surface area contributed by atoms with Crippen molar-refractivity contribution < 1.29 is 18.4 Å². The Morgan fingerprint density at radius 3 is 2.41 bits per heavy atom. The van der Waals surface area contributed by atoms with E-state index in [1.165, 1.54) is 6.92 Å². The molecule has 2 atom stereocenters. The third-order valence-corrected chi connectivity index (χ3v) is 3.37. The number of carbonyl (C=O) groups is 2. The SMILES string of the molecule is CCC1NC(=O)C(C)(CC)N(CC(F)F)C1=O. The van der Waals surface area contributed by atoms with Crippen LogP contribution in [0.25, 0.3) is 0 Å². The molecule has 98 valence electrons. The van der Waals surface area contributed by atoms with Gasteiger partial charge in [-0.2, -0.15) is 0 Å².